The third-order valence-electron chi connectivity index (χ3n) is 2.83. The van der Waals surface area contributed by atoms with E-state index in [9.17, 15) is 26.3 Å². The van der Waals surface area contributed by atoms with Crippen molar-refractivity contribution in [2.75, 3.05) is 7.11 Å². The smallest absolute Gasteiger partial charge is 0.402 e. The number of nitrogens with two attached hydrogens (primary N) is 1. The van der Waals surface area contributed by atoms with Crippen LogP contribution in [0.4, 0.5) is 26.3 Å². The summed E-state index contributed by atoms with van der Waals surface area (Å²) in [6.07, 6.45) is -11.5. The van der Waals surface area contributed by atoms with E-state index in [-0.39, 0.29) is 11.3 Å². The Morgan fingerprint density at radius 3 is 2.10 bits per heavy atom. The maximum atomic E-state index is 12.6. The third-order valence-corrected chi connectivity index (χ3v) is 3.32. The van der Waals surface area contributed by atoms with Crippen molar-refractivity contribution in [3.63, 3.8) is 0 Å². The van der Waals surface area contributed by atoms with Crippen molar-refractivity contribution in [2.24, 2.45) is 11.7 Å². The number of benzene rings is 1. The lowest BCUT2D eigenvalue weighted by Gasteiger charge is -2.28. The summed E-state index contributed by atoms with van der Waals surface area (Å²) in [5.74, 6) is -3.41. The second kappa shape index (κ2) is 6.43. The monoisotopic (exact) mass is 379 g/mol. The molecule has 0 radical (unpaired) electrons. The minimum absolute atomic E-state index is 0.165. The van der Waals surface area contributed by atoms with Gasteiger partial charge >= 0.3 is 12.4 Å². The molecule has 1 aromatic carbocycles. The van der Waals surface area contributed by atoms with Crippen molar-refractivity contribution < 1.29 is 31.1 Å². The van der Waals surface area contributed by atoms with Gasteiger partial charge in [0.25, 0.3) is 0 Å². The van der Waals surface area contributed by atoms with Gasteiger partial charge in [0.1, 0.15) is 5.75 Å². The molecule has 1 atom stereocenters. The molecule has 0 saturated carbocycles. The molecular weight excluding hydrogens is 368 g/mol. The first-order valence-corrected chi connectivity index (χ1v) is 6.47. The van der Waals surface area contributed by atoms with E-state index < -0.39 is 30.7 Å². The van der Waals surface area contributed by atoms with Crippen molar-refractivity contribution >= 4 is 15.9 Å². The first-order chi connectivity index (χ1) is 9.46. The number of hydrogen-bond acceptors (Lipinski definition) is 2. The highest BCUT2D eigenvalue weighted by molar-refractivity contribution is 9.10. The summed E-state index contributed by atoms with van der Waals surface area (Å²) >= 11 is 3.09. The number of hydrogen-bond donors (Lipinski definition) is 1. The zero-order chi connectivity index (χ0) is 16.4. The van der Waals surface area contributed by atoms with Crippen LogP contribution in [0.5, 0.6) is 5.75 Å². The molecule has 0 heterocycles. The standard InChI is InChI=1S/C12H12BrF6NO/c1-21-9-3-2-7(13)4-6(9)5-8(20)10(11(14,15)16)12(17,18)19/h2-4,8,10H,5,20H2,1H3. The van der Waals surface area contributed by atoms with Crippen LogP contribution in [-0.2, 0) is 6.42 Å². The van der Waals surface area contributed by atoms with E-state index in [0.29, 0.717) is 4.47 Å². The van der Waals surface area contributed by atoms with E-state index in [0.717, 1.165) is 0 Å². The summed E-state index contributed by atoms with van der Waals surface area (Å²) in [5, 5.41) is 0. The van der Waals surface area contributed by atoms with Gasteiger partial charge in [-0.05, 0) is 30.2 Å². The molecule has 1 aromatic rings. The SMILES string of the molecule is COc1ccc(Br)cc1CC(N)C(C(F)(F)F)C(F)(F)F. The van der Waals surface area contributed by atoms with Gasteiger partial charge in [0.15, 0.2) is 5.92 Å². The topological polar surface area (TPSA) is 35.2 Å². The van der Waals surface area contributed by atoms with Crippen LogP contribution in [0.25, 0.3) is 0 Å². The Morgan fingerprint density at radius 1 is 1.14 bits per heavy atom. The van der Waals surface area contributed by atoms with Gasteiger partial charge in [-0.1, -0.05) is 15.9 Å². The lowest BCUT2D eigenvalue weighted by Crippen LogP contribution is -2.49. The van der Waals surface area contributed by atoms with E-state index in [1.807, 2.05) is 0 Å². The van der Waals surface area contributed by atoms with Gasteiger partial charge in [-0.15, -0.1) is 0 Å². The second-order valence-corrected chi connectivity index (χ2v) is 5.30. The summed E-state index contributed by atoms with van der Waals surface area (Å²) in [5.41, 5.74) is 5.35. The van der Waals surface area contributed by atoms with Crippen LogP contribution in [0.1, 0.15) is 5.56 Å². The largest absolute Gasteiger partial charge is 0.496 e. The Balaban J connectivity index is 3.08. The molecule has 9 heteroatoms. The molecule has 0 fully saturated rings. The molecule has 0 aliphatic heterocycles. The van der Waals surface area contributed by atoms with E-state index >= 15 is 0 Å². The molecule has 0 saturated heterocycles. The van der Waals surface area contributed by atoms with Crippen LogP contribution >= 0.6 is 15.9 Å². The maximum absolute atomic E-state index is 12.6. The van der Waals surface area contributed by atoms with E-state index in [1.165, 1.54) is 19.2 Å². The van der Waals surface area contributed by atoms with E-state index in [2.05, 4.69) is 15.9 Å². The van der Waals surface area contributed by atoms with Gasteiger partial charge in [0.2, 0.25) is 0 Å². The lowest BCUT2D eigenvalue weighted by molar-refractivity contribution is -0.289. The fourth-order valence-corrected chi connectivity index (χ4v) is 2.36. The summed E-state index contributed by atoms with van der Waals surface area (Å²) in [7, 11) is 1.27. The van der Waals surface area contributed by atoms with Crippen molar-refractivity contribution in [3.8, 4) is 5.75 Å². The third kappa shape index (κ3) is 4.77. The molecule has 0 bridgehead atoms. The van der Waals surface area contributed by atoms with Crippen LogP contribution in [-0.4, -0.2) is 25.5 Å². The highest BCUT2D eigenvalue weighted by Gasteiger charge is 2.59. The average molecular weight is 380 g/mol. The normalized spacial score (nSPS) is 14.4. The highest BCUT2D eigenvalue weighted by atomic mass is 79.9. The van der Waals surface area contributed by atoms with Crippen molar-refractivity contribution in [2.45, 2.75) is 24.8 Å². The number of halogens is 7. The number of rotatable bonds is 4. The van der Waals surface area contributed by atoms with Gasteiger partial charge < -0.3 is 10.5 Å². The van der Waals surface area contributed by atoms with Gasteiger partial charge in [-0.2, -0.15) is 26.3 Å². The minimum Gasteiger partial charge on any atom is -0.496 e. The minimum atomic E-state index is -5.46. The average Bonchev–Trinajstić information content (AvgIpc) is 2.24. The van der Waals surface area contributed by atoms with Crippen LogP contribution in [0, 0.1) is 5.92 Å². The zero-order valence-electron chi connectivity index (χ0n) is 10.7. The van der Waals surface area contributed by atoms with Crippen LogP contribution in [0.3, 0.4) is 0 Å². The van der Waals surface area contributed by atoms with Crippen molar-refractivity contribution in [3.05, 3.63) is 28.2 Å². The van der Waals surface area contributed by atoms with Crippen LogP contribution in [0.2, 0.25) is 0 Å². The molecule has 1 unspecified atom stereocenters. The molecule has 2 N–H and O–H groups in total. The van der Waals surface area contributed by atoms with Crippen molar-refractivity contribution in [1.82, 2.24) is 0 Å². The number of alkyl halides is 6. The van der Waals surface area contributed by atoms with Gasteiger partial charge in [0.05, 0.1) is 7.11 Å². The molecule has 120 valence electrons. The second-order valence-electron chi connectivity index (χ2n) is 4.39. The number of ether oxygens (including phenoxy) is 1. The molecular formula is C12H12BrF6NO. The quantitative estimate of drug-likeness (QED) is 0.800. The zero-order valence-corrected chi connectivity index (χ0v) is 12.3. The summed E-state index contributed by atoms with van der Waals surface area (Å²) in [6.45, 7) is 0. The Kier molecular flexibility index (Phi) is 5.54. The van der Waals surface area contributed by atoms with E-state index in [1.54, 1.807) is 6.07 Å². The predicted octanol–water partition coefficient (Wildman–Crippen LogP) is 4.07. The molecule has 0 spiro atoms. The van der Waals surface area contributed by atoms with Crippen LogP contribution < -0.4 is 10.5 Å². The molecule has 0 aliphatic rings. The van der Waals surface area contributed by atoms with E-state index in [4.69, 9.17) is 10.5 Å². The van der Waals surface area contributed by atoms with Crippen LogP contribution in [0.15, 0.2) is 22.7 Å². The Labute approximate surface area is 125 Å². The molecule has 21 heavy (non-hydrogen) atoms. The fraction of sp³-hybridized carbons (Fsp3) is 0.500. The molecule has 0 aliphatic carbocycles. The highest BCUT2D eigenvalue weighted by Crippen LogP contribution is 2.42. The molecule has 0 amide bonds. The van der Waals surface area contributed by atoms with Crippen molar-refractivity contribution in [1.29, 1.82) is 0 Å². The van der Waals surface area contributed by atoms with Gasteiger partial charge in [0, 0.05) is 10.5 Å². The number of methoxy groups -OCH3 is 1. The van der Waals surface area contributed by atoms with Gasteiger partial charge in [-0.25, -0.2) is 0 Å². The fourth-order valence-electron chi connectivity index (χ4n) is 1.95. The summed E-state index contributed by atoms with van der Waals surface area (Å²) in [6, 6.07) is 2.21. The predicted molar refractivity (Wildman–Crippen MR) is 68.0 cm³/mol. The first kappa shape index (κ1) is 18.1. The summed E-state index contributed by atoms with van der Waals surface area (Å²) < 4.78 is 81.0. The summed E-state index contributed by atoms with van der Waals surface area (Å²) in [4.78, 5) is 0. The lowest BCUT2D eigenvalue weighted by atomic mass is 9.92. The Morgan fingerprint density at radius 2 is 1.67 bits per heavy atom. The maximum Gasteiger partial charge on any atom is 0.402 e. The Bertz CT molecular complexity index is 474. The Hall–Kier alpha value is -0.960. The molecule has 2 nitrogen and oxygen atoms in total. The first-order valence-electron chi connectivity index (χ1n) is 5.68. The molecule has 0 aromatic heterocycles. The van der Waals surface area contributed by atoms with Gasteiger partial charge in [-0.3, -0.25) is 0 Å². The molecule has 1 rings (SSSR count).